The first-order valence-corrected chi connectivity index (χ1v) is 6.54. The van der Waals surface area contributed by atoms with E-state index in [0.717, 1.165) is 16.8 Å². The molecule has 0 radical (unpaired) electrons. The van der Waals surface area contributed by atoms with Gasteiger partial charge in [0.15, 0.2) is 5.76 Å². The Bertz CT molecular complexity index is 607. The van der Waals surface area contributed by atoms with Crippen LogP contribution in [0.1, 0.15) is 0 Å². The Labute approximate surface area is 118 Å². The largest absolute Gasteiger partial charge is 0.492 e. The molecule has 0 saturated carbocycles. The number of rotatable bonds is 2. The SMILES string of the molecule is COC1=C2C=C3C=CC=C[C@@H]3N(C)C2=C[C@H](OC)C1=O. The molecule has 0 aromatic carbocycles. The fourth-order valence-corrected chi connectivity index (χ4v) is 2.87. The van der Waals surface area contributed by atoms with Crippen LogP contribution in [0.15, 0.2) is 59.1 Å². The van der Waals surface area contributed by atoms with Gasteiger partial charge in [-0.3, -0.25) is 4.79 Å². The van der Waals surface area contributed by atoms with Crippen LogP contribution in [0.3, 0.4) is 0 Å². The molecular weight excluding hydrogens is 254 g/mol. The van der Waals surface area contributed by atoms with E-state index >= 15 is 0 Å². The molecular formula is C16H17NO3. The Kier molecular flexibility index (Phi) is 3.10. The van der Waals surface area contributed by atoms with Crippen LogP contribution in [-0.4, -0.2) is 44.1 Å². The lowest BCUT2D eigenvalue weighted by molar-refractivity contribution is -0.126. The van der Waals surface area contributed by atoms with E-state index in [1.807, 2.05) is 31.4 Å². The van der Waals surface area contributed by atoms with Crippen LogP contribution in [0.4, 0.5) is 0 Å². The molecule has 4 heteroatoms. The third-order valence-electron chi connectivity index (χ3n) is 3.91. The predicted octanol–water partition coefficient (Wildman–Crippen LogP) is 1.73. The third kappa shape index (κ3) is 1.76. The van der Waals surface area contributed by atoms with Crippen LogP contribution >= 0.6 is 0 Å². The van der Waals surface area contributed by atoms with Crippen molar-refractivity contribution >= 4 is 5.78 Å². The molecule has 1 aliphatic heterocycles. The molecule has 2 aliphatic carbocycles. The van der Waals surface area contributed by atoms with E-state index in [1.54, 1.807) is 0 Å². The maximum Gasteiger partial charge on any atom is 0.230 e. The molecule has 3 aliphatic rings. The summed E-state index contributed by atoms with van der Waals surface area (Å²) in [6.07, 6.45) is 11.5. The first-order valence-electron chi connectivity index (χ1n) is 6.54. The average molecular weight is 271 g/mol. The van der Waals surface area contributed by atoms with Gasteiger partial charge >= 0.3 is 0 Å². The summed E-state index contributed by atoms with van der Waals surface area (Å²) < 4.78 is 10.6. The zero-order chi connectivity index (χ0) is 14.3. The molecule has 0 N–H and O–H groups in total. The molecule has 0 unspecified atom stereocenters. The number of likely N-dealkylation sites (N-methyl/N-ethyl adjacent to an activating group) is 1. The highest BCUT2D eigenvalue weighted by Gasteiger charge is 2.36. The zero-order valence-corrected chi connectivity index (χ0v) is 11.8. The van der Waals surface area contributed by atoms with Crippen LogP contribution in [0.2, 0.25) is 0 Å². The number of hydrogen-bond acceptors (Lipinski definition) is 4. The second kappa shape index (κ2) is 4.80. The maximum absolute atomic E-state index is 12.3. The van der Waals surface area contributed by atoms with Crippen molar-refractivity contribution < 1.29 is 14.3 Å². The number of carbonyl (C=O) groups excluding carboxylic acids is 1. The van der Waals surface area contributed by atoms with Crippen LogP contribution in [0.25, 0.3) is 0 Å². The van der Waals surface area contributed by atoms with Crippen molar-refractivity contribution in [3.63, 3.8) is 0 Å². The monoisotopic (exact) mass is 271 g/mol. The molecule has 1 heterocycles. The van der Waals surface area contributed by atoms with Gasteiger partial charge in [-0.05, 0) is 17.7 Å². The number of Topliss-reactive ketones (excluding diaryl/α,β-unsaturated/α-hetero) is 1. The van der Waals surface area contributed by atoms with Gasteiger partial charge in [0.2, 0.25) is 5.78 Å². The Morgan fingerprint density at radius 3 is 2.75 bits per heavy atom. The summed E-state index contributed by atoms with van der Waals surface area (Å²) in [4.78, 5) is 14.4. The summed E-state index contributed by atoms with van der Waals surface area (Å²) in [5, 5.41) is 0. The van der Waals surface area contributed by atoms with Crippen molar-refractivity contribution in [1.29, 1.82) is 0 Å². The second-order valence-corrected chi connectivity index (χ2v) is 4.96. The third-order valence-corrected chi connectivity index (χ3v) is 3.91. The van der Waals surface area contributed by atoms with Crippen LogP contribution in [0, 0.1) is 0 Å². The highest BCUT2D eigenvalue weighted by atomic mass is 16.5. The van der Waals surface area contributed by atoms with E-state index in [9.17, 15) is 4.79 Å². The summed E-state index contributed by atoms with van der Waals surface area (Å²) in [6, 6.07) is 0.193. The minimum Gasteiger partial charge on any atom is -0.492 e. The van der Waals surface area contributed by atoms with Gasteiger partial charge in [0.1, 0.15) is 6.10 Å². The number of nitrogens with zero attached hydrogens (tertiary/aromatic N) is 1. The van der Waals surface area contributed by atoms with Crippen molar-refractivity contribution in [3.8, 4) is 0 Å². The van der Waals surface area contributed by atoms with E-state index in [1.165, 1.54) is 14.2 Å². The number of carbonyl (C=O) groups is 1. The second-order valence-electron chi connectivity index (χ2n) is 4.96. The Morgan fingerprint density at radius 1 is 1.25 bits per heavy atom. The number of ketones is 1. The Morgan fingerprint density at radius 2 is 2.05 bits per heavy atom. The Balaban J connectivity index is 2.17. The molecule has 0 spiro atoms. The van der Waals surface area contributed by atoms with Crippen LogP contribution in [0.5, 0.6) is 0 Å². The molecule has 3 rings (SSSR count). The van der Waals surface area contributed by atoms with Crippen molar-refractivity contribution in [2.24, 2.45) is 0 Å². The molecule has 0 aromatic heterocycles. The molecule has 0 amide bonds. The zero-order valence-electron chi connectivity index (χ0n) is 11.8. The molecule has 104 valence electrons. The lowest BCUT2D eigenvalue weighted by atomic mass is 9.87. The first kappa shape index (κ1) is 12.9. The van der Waals surface area contributed by atoms with Crippen LogP contribution in [-0.2, 0) is 14.3 Å². The minimum atomic E-state index is -0.579. The van der Waals surface area contributed by atoms with E-state index < -0.39 is 6.10 Å². The van der Waals surface area contributed by atoms with Gasteiger partial charge in [0, 0.05) is 25.4 Å². The quantitative estimate of drug-likeness (QED) is 0.767. The standard InChI is InChI=1S/C16H17NO3/c1-17-12-7-5-4-6-10(12)8-11-13(17)9-14(19-2)15(18)16(11)20-3/h4-9,12,14H,1-3H3/t12-,14-/m0/s1. The minimum absolute atomic E-state index is 0.132. The molecule has 0 bridgehead atoms. The van der Waals surface area contributed by atoms with Gasteiger partial charge < -0.3 is 14.4 Å². The van der Waals surface area contributed by atoms with E-state index in [2.05, 4.69) is 17.1 Å². The molecule has 2 atom stereocenters. The number of methoxy groups -OCH3 is 2. The number of fused-ring (bicyclic) bond motifs is 2. The molecule has 0 fully saturated rings. The Hall–Kier alpha value is -2.07. The van der Waals surface area contributed by atoms with Gasteiger partial charge in [0.25, 0.3) is 0 Å². The van der Waals surface area contributed by atoms with E-state index in [0.29, 0.717) is 5.76 Å². The lowest BCUT2D eigenvalue weighted by Crippen LogP contribution is -2.40. The summed E-state index contributed by atoms with van der Waals surface area (Å²) in [7, 11) is 5.07. The molecule has 0 saturated heterocycles. The summed E-state index contributed by atoms with van der Waals surface area (Å²) in [5.74, 6) is 0.239. The van der Waals surface area contributed by atoms with Crippen molar-refractivity contribution in [1.82, 2.24) is 4.90 Å². The van der Waals surface area contributed by atoms with Gasteiger partial charge in [-0.15, -0.1) is 0 Å². The lowest BCUT2D eigenvalue weighted by Gasteiger charge is -2.39. The first-order chi connectivity index (χ1) is 9.67. The van der Waals surface area contributed by atoms with E-state index in [-0.39, 0.29) is 11.8 Å². The fourth-order valence-electron chi connectivity index (χ4n) is 2.87. The average Bonchev–Trinajstić information content (AvgIpc) is 2.47. The van der Waals surface area contributed by atoms with Gasteiger partial charge in [-0.25, -0.2) is 0 Å². The van der Waals surface area contributed by atoms with Gasteiger partial charge in [0.05, 0.1) is 13.2 Å². The van der Waals surface area contributed by atoms with Crippen molar-refractivity contribution in [2.45, 2.75) is 12.1 Å². The van der Waals surface area contributed by atoms with Gasteiger partial charge in [-0.2, -0.15) is 0 Å². The number of ether oxygens (including phenoxy) is 2. The topological polar surface area (TPSA) is 38.8 Å². The van der Waals surface area contributed by atoms with Gasteiger partial charge in [-0.1, -0.05) is 24.3 Å². The summed E-state index contributed by atoms with van der Waals surface area (Å²) in [6.45, 7) is 0. The van der Waals surface area contributed by atoms with Crippen LogP contribution < -0.4 is 0 Å². The summed E-state index contributed by atoms with van der Waals surface area (Å²) >= 11 is 0. The fraction of sp³-hybridized carbons (Fsp3) is 0.312. The number of allylic oxidation sites excluding steroid dienone is 3. The normalized spacial score (nSPS) is 27.9. The molecule has 4 nitrogen and oxygen atoms in total. The highest BCUT2D eigenvalue weighted by Crippen LogP contribution is 2.36. The predicted molar refractivity (Wildman–Crippen MR) is 75.8 cm³/mol. The number of hydrogen-bond donors (Lipinski definition) is 0. The highest BCUT2D eigenvalue weighted by molar-refractivity contribution is 6.02. The van der Waals surface area contributed by atoms with Crippen molar-refractivity contribution in [2.75, 3.05) is 21.3 Å². The molecule has 20 heavy (non-hydrogen) atoms. The molecule has 0 aromatic rings. The maximum atomic E-state index is 12.3. The van der Waals surface area contributed by atoms with E-state index in [4.69, 9.17) is 9.47 Å². The summed E-state index contributed by atoms with van der Waals surface area (Å²) in [5.41, 5.74) is 2.96. The smallest absolute Gasteiger partial charge is 0.230 e. The van der Waals surface area contributed by atoms with Crippen molar-refractivity contribution in [3.05, 3.63) is 59.1 Å².